The summed E-state index contributed by atoms with van der Waals surface area (Å²) in [7, 11) is 0. The molecule has 0 saturated carbocycles. The number of hydrogen-bond donors (Lipinski definition) is 0. The molecule has 0 unspecified atom stereocenters. The Hall–Kier alpha value is -1.58. The number of rotatable bonds is 3. The summed E-state index contributed by atoms with van der Waals surface area (Å²) in [6, 6.07) is 12.8. The van der Waals surface area contributed by atoms with Crippen LogP contribution in [0.5, 0.6) is 0 Å². The van der Waals surface area contributed by atoms with E-state index in [9.17, 15) is 0 Å². The van der Waals surface area contributed by atoms with Crippen molar-refractivity contribution in [2.45, 2.75) is 13.5 Å². The molecule has 0 bridgehead atoms. The maximum atomic E-state index is 6.00. The number of pyridine rings is 1. The quantitative estimate of drug-likeness (QED) is 0.810. The Morgan fingerprint density at radius 2 is 1.81 bits per heavy atom. The van der Waals surface area contributed by atoms with Crippen molar-refractivity contribution in [2.24, 2.45) is 0 Å². The molecule has 1 aromatic heterocycles. The maximum Gasteiger partial charge on any atom is 0.132 e. The van der Waals surface area contributed by atoms with Gasteiger partial charge in [-0.15, -0.1) is 0 Å². The predicted octanol–water partition coefficient (Wildman–Crippen LogP) is 3.37. The van der Waals surface area contributed by atoms with Gasteiger partial charge in [-0.1, -0.05) is 41.9 Å². The Labute approximate surface area is 131 Å². The van der Waals surface area contributed by atoms with E-state index in [0.717, 1.165) is 38.3 Å². The fraction of sp³-hybridized carbons (Fsp3) is 0.353. The number of piperazine rings is 1. The topological polar surface area (TPSA) is 19.4 Å². The van der Waals surface area contributed by atoms with Crippen LogP contribution in [0.1, 0.15) is 11.1 Å². The maximum absolute atomic E-state index is 6.00. The summed E-state index contributed by atoms with van der Waals surface area (Å²) in [6.07, 6.45) is 1.88. The van der Waals surface area contributed by atoms with Crippen molar-refractivity contribution >= 4 is 17.3 Å². The van der Waals surface area contributed by atoms with Crippen molar-refractivity contribution in [1.29, 1.82) is 0 Å². The molecule has 2 aromatic rings. The molecule has 0 N–H and O–H groups in total. The van der Waals surface area contributed by atoms with E-state index in [1.165, 1.54) is 11.3 Å². The molecule has 1 fully saturated rings. The summed E-state index contributed by atoms with van der Waals surface area (Å²) in [5, 5.41) is 0.599. The predicted molar refractivity (Wildman–Crippen MR) is 87.9 cm³/mol. The Morgan fingerprint density at radius 3 is 2.48 bits per heavy atom. The van der Waals surface area contributed by atoms with Crippen LogP contribution in [0.15, 0.2) is 42.6 Å². The van der Waals surface area contributed by atoms with E-state index in [4.69, 9.17) is 11.6 Å². The second-order valence-electron chi connectivity index (χ2n) is 5.55. The van der Waals surface area contributed by atoms with E-state index < -0.39 is 0 Å². The second-order valence-corrected chi connectivity index (χ2v) is 5.91. The minimum absolute atomic E-state index is 0.599. The van der Waals surface area contributed by atoms with Gasteiger partial charge in [0.05, 0.1) is 11.9 Å². The molecule has 0 aliphatic carbocycles. The van der Waals surface area contributed by atoms with E-state index in [1.807, 2.05) is 13.1 Å². The standard InChI is InChI=1S/C17H20ClN3/c1-14-11-16(12-19-17(14)18)21-9-7-20(8-10-21)13-15-5-3-2-4-6-15/h2-6,11-12H,7-10,13H2,1H3. The van der Waals surface area contributed by atoms with Crippen molar-refractivity contribution in [2.75, 3.05) is 31.1 Å². The first-order valence-electron chi connectivity index (χ1n) is 7.36. The molecule has 1 aliphatic rings. The Bertz CT molecular complexity index is 592. The van der Waals surface area contributed by atoms with Gasteiger partial charge < -0.3 is 4.90 Å². The third-order valence-electron chi connectivity index (χ3n) is 3.99. The highest BCUT2D eigenvalue weighted by Gasteiger charge is 2.17. The summed E-state index contributed by atoms with van der Waals surface area (Å²) in [6.45, 7) is 7.27. The van der Waals surface area contributed by atoms with Gasteiger partial charge in [0.1, 0.15) is 5.15 Å². The lowest BCUT2D eigenvalue weighted by Gasteiger charge is -2.36. The van der Waals surface area contributed by atoms with Crippen LogP contribution in [0.2, 0.25) is 5.15 Å². The third kappa shape index (κ3) is 3.55. The monoisotopic (exact) mass is 301 g/mol. The van der Waals surface area contributed by atoms with Crippen LogP contribution in [0, 0.1) is 6.92 Å². The van der Waals surface area contributed by atoms with Crippen LogP contribution < -0.4 is 4.90 Å². The highest BCUT2D eigenvalue weighted by Crippen LogP contribution is 2.21. The molecule has 2 heterocycles. The number of halogens is 1. The summed E-state index contributed by atoms with van der Waals surface area (Å²) in [5.41, 5.74) is 3.60. The van der Waals surface area contributed by atoms with Crippen molar-refractivity contribution < 1.29 is 0 Å². The highest BCUT2D eigenvalue weighted by atomic mass is 35.5. The van der Waals surface area contributed by atoms with Gasteiger partial charge in [-0.25, -0.2) is 4.98 Å². The number of hydrogen-bond acceptors (Lipinski definition) is 3. The molecule has 3 nitrogen and oxygen atoms in total. The summed E-state index contributed by atoms with van der Waals surface area (Å²) >= 11 is 6.00. The van der Waals surface area contributed by atoms with E-state index >= 15 is 0 Å². The zero-order valence-corrected chi connectivity index (χ0v) is 13.1. The number of aryl methyl sites for hydroxylation is 1. The van der Waals surface area contributed by atoms with Crippen LogP contribution in [0.4, 0.5) is 5.69 Å². The Balaban J connectivity index is 1.58. The zero-order valence-electron chi connectivity index (χ0n) is 12.3. The van der Waals surface area contributed by atoms with Crippen molar-refractivity contribution in [3.05, 3.63) is 58.9 Å². The molecule has 21 heavy (non-hydrogen) atoms. The summed E-state index contributed by atoms with van der Waals surface area (Å²) < 4.78 is 0. The molecule has 0 radical (unpaired) electrons. The average molecular weight is 302 g/mol. The van der Waals surface area contributed by atoms with Gasteiger partial charge in [-0.3, -0.25) is 4.90 Å². The van der Waals surface area contributed by atoms with Crippen LogP contribution >= 0.6 is 11.6 Å². The first-order chi connectivity index (χ1) is 10.2. The second kappa shape index (κ2) is 6.46. The van der Waals surface area contributed by atoms with Gasteiger partial charge in [0.15, 0.2) is 0 Å². The molecular formula is C17H20ClN3. The van der Waals surface area contributed by atoms with Gasteiger partial charge >= 0.3 is 0 Å². The SMILES string of the molecule is Cc1cc(N2CCN(Cc3ccccc3)CC2)cnc1Cl. The lowest BCUT2D eigenvalue weighted by Crippen LogP contribution is -2.46. The normalized spacial score (nSPS) is 16.2. The molecule has 110 valence electrons. The van der Waals surface area contributed by atoms with E-state index in [1.54, 1.807) is 0 Å². The van der Waals surface area contributed by atoms with Gasteiger partial charge in [0.2, 0.25) is 0 Å². The Kier molecular flexibility index (Phi) is 4.42. The zero-order chi connectivity index (χ0) is 14.7. The highest BCUT2D eigenvalue weighted by molar-refractivity contribution is 6.30. The molecule has 0 amide bonds. The van der Waals surface area contributed by atoms with E-state index in [2.05, 4.69) is 51.2 Å². The van der Waals surface area contributed by atoms with Gasteiger partial charge in [-0.2, -0.15) is 0 Å². The van der Waals surface area contributed by atoms with E-state index in [-0.39, 0.29) is 0 Å². The molecular weight excluding hydrogens is 282 g/mol. The first kappa shape index (κ1) is 14.4. The van der Waals surface area contributed by atoms with E-state index in [0.29, 0.717) is 5.15 Å². The van der Waals surface area contributed by atoms with Crippen molar-refractivity contribution in [3.8, 4) is 0 Å². The summed E-state index contributed by atoms with van der Waals surface area (Å²) in [4.78, 5) is 9.14. The van der Waals surface area contributed by atoms with Crippen LogP contribution in [0.3, 0.4) is 0 Å². The van der Waals surface area contributed by atoms with Gasteiger partial charge in [0, 0.05) is 32.7 Å². The molecule has 3 rings (SSSR count). The third-order valence-corrected chi connectivity index (χ3v) is 4.38. The Morgan fingerprint density at radius 1 is 1.10 bits per heavy atom. The lowest BCUT2D eigenvalue weighted by atomic mass is 10.2. The van der Waals surface area contributed by atoms with Crippen LogP contribution in [-0.2, 0) is 6.54 Å². The fourth-order valence-corrected chi connectivity index (χ4v) is 2.83. The minimum atomic E-state index is 0.599. The molecule has 1 aromatic carbocycles. The van der Waals surface area contributed by atoms with Gasteiger partial charge in [0.25, 0.3) is 0 Å². The minimum Gasteiger partial charge on any atom is -0.368 e. The lowest BCUT2D eigenvalue weighted by molar-refractivity contribution is 0.250. The number of benzene rings is 1. The van der Waals surface area contributed by atoms with Crippen LogP contribution in [-0.4, -0.2) is 36.1 Å². The number of aromatic nitrogens is 1. The first-order valence-corrected chi connectivity index (χ1v) is 7.73. The smallest absolute Gasteiger partial charge is 0.132 e. The van der Waals surface area contributed by atoms with Crippen LogP contribution in [0.25, 0.3) is 0 Å². The summed E-state index contributed by atoms with van der Waals surface area (Å²) in [5.74, 6) is 0. The average Bonchev–Trinajstić information content (AvgIpc) is 2.52. The molecule has 0 spiro atoms. The molecule has 4 heteroatoms. The van der Waals surface area contributed by atoms with Gasteiger partial charge in [-0.05, 0) is 24.1 Å². The fourth-order valence-electron chi connectivity index (χ4n) is 2.72. The number of anilines is 1. The number of nitrogens with zero attached hydrogens (tertiary/aromatic N) is 3. The molecule has 1 saturated heterocycles. The molecule has 0 atom stereocenters. The molecule has 1 aliphatic heterocycles. The van der Waals surface area contributed by atoms with Crippen molar-refractivity contribution in [1.82, 2.24) is 9.88 Å². The van der Waals surface area contributed by atoms with Crippen molar-refractivity contribution in [3.63, 3.8) is 0 Å². The largest absolute Gasteiger partial charge is 0.368 e.